The van der Waals surface area contributed by atoms with Gasteiger partial charge in [0.25, 0.3) is 0 Å². The van der Waals surface area contributed by atoms with Gasteiger partial charge in [-0.3, -0.25) is 9.48 Å². The highest BCUT2D eigenvalue weighted by Crippen LogP contribution is 2.31. The Hall–Kier alpha value is -1.32. The third-order valence-electron chi connectivity index (χ3n) is 3.34. The van der Waals surface area contributed by atoms with E-state index in [1.165, 1.54) is 13.3 Å². The van der Waals surface area contributed by atoms with Crippen molar-refractivity contribution in [1.82, 2.24) is 9.78 Å². The van der Waals surface area contributed by atoms with Gasteiger partial charge in [-0.15, -0.1) is 0 Å². The zero-order chi connectivity index (χ0) is 12.4. The fraction of sp³-hybridized carbons (Fsp3) is 0.692. The molecule has 1 aromatic rings. The van der Waals surface area contributed by atoms with Crippen molar-refractivity contribution in [3.63, 3.8) is 0 Å². The minimum Gasteiger partial charge on any atom is -0.460 e. The number of aryl methyl sites for hydroxylation is 2. The van der Waals surface area contributed by atoms with Gasteiger partial charge in [-0.2, -0.15) is 5.10 Å². The standard InChI is InChI=1S/C13H20N2O2/c1-9-8-10(2)15(14-9)12-6-4-5-7-13(12)17-11(3)16/h8,12-13H,4-7H2,1-3H3. The highest BCUT2D eigenvalue weighted by atomic mass is 16.5. The van der Waals surface area contributed by atoms with Crippen LogP contribution in [0, 0.1) is 13.8 Å². The Balaban J connectivity index is 2.21. The van der Waals surface area contributed by atoms with Crippen molar-refractivity contribution in [3.05, 3.63) is 17.5 Å². The normalized spacial score (nSPS) is 24.6. The molecule has 0 amide bonds. The van der Waals surface area contributed by atoms with Crippen molar-refractivity contribution in [1.29, 1.82) is 0 Å². The number of hydrogen-bond acceptors (Lipinski definition) is 3. The summed E-state index contributed by atoms with van der Waals surface area (Å²) in [6, 6.07) is 2.28. The number of rotatable bonds is 2. The molecule has 0 N–H and O–H groups in total. The molecule has 0 aromatic carbocycles. The fourth-order valence-electron chi connectivity index (χ4n) is 2.69. The van der Waals surface area contributed by atoms with E-state index in [1.54, 1.807) is 0 Å². The number of esters is 1. The Kier molecular flexibility index (Phi) is 3.50. The molecule has 1 fully saturated rings. The molecule has 0 radical (unpaired) electrons. The first kappa shape index (κ1) is 12.1. The quantitative estimate of drug-likeness (QED) is 0.741. The lowest BCUT2D eigenvalue weighted by Crippen LogP contribution is -2.32. The molecule has 0 saturated heterocycles. The average Bonchev–Trinajstić information content (AvgIpc) is 2.58. The van der Waals surface area contributed by atoms with E-state index in [-0.39, 0.29) is 18.1 Å². The van der Waals surface area contributed by atoms with E-state index < -0.39 is 0 Å². The molecule has 1 heterocycles. The van der Waals surface area contributed by atoms with Gasteiger partial charge in [-0.05, 0) is 39.2 Å². The van der Waals surface area contributed by atoms with Gasteiger partial charge in [0.1, 0.15) is 6.10 Å². The minimum absolute atomic E-state index is 0.0146. The van der Waals surface area contributed by atoms with Crippen LogP contribution < -0.4 is 0 Å². The lowest BCUT2D eigenvalue weighted by Gasteiger charge is -2.31. The zero-order valence-corrected chi connectivity index (χ0v) is 10.8. The summed E-state index contributed by atoms with van der Waals surface area (Å²) in [5.41, 5.74) is 2.17. The van der Waals surface area contributed by atoms with Gasteiger partial charge in [0.05, 0.1) is 11.7 Å². The molecule has 4 heteroatoms. The molecule has 94 valence electrons. The Labute approximate surface area is 102 Å². The molecule has 0 spiro atoms. The van der Waals surface area contributed by atoms with Gasteiger partial charge in [0.15, 0.2) is 0 Å². The van der Waals surface area contributed by atoms with Gasteiger partial charge in [-0.25, -0.2) is 0 Å². The Morgan fingerprint density at radius 2 is 2.12 bits per heavy atom. The molecule has 0 bridgehead atoms. The molecule has 17 heavy (non-hydrogen) atoms. The number of nitrogens with zero attached hydrogens (tertiary/aromatic N) is 2. The predicted octanol–water partition coefficient (Wildman–Crippen LogP) is 2.55. The van der Waals surface area contributed by atoms with Crippen LogP contribution in [0.5, 0.6) is 0 Å². The second-order valence-corrected chi connectivity index (χ2v) is 4.87. The van der Waals surface area contributed by atoms with Gasteiger partial charge in [-0.1, -0.05) is 6.42 Å². The maximum Gasteiger partial charge on any atom is 0.302 e. The monoisotopic (exact) mass is 236 g/mol. The van der Waals surface area contributed by atoms with E-state index in [4.69, 9.17) is 4.74 Å². The Bertz CT molecular complexity index is 412. The average molecular weight is 236 g/mol. The molecule has 1 aromatic heterocycles. The smallest absolute Gasteiger partial charge is 0.302 e. The summed E-state index contributed by atoms with van der Waals surface area (Å²) in [6.45, 7) is 5.53. The van der Waals surface area contributed by atoms with Gasteiger partial charge < -0.3 is 4.74 Å². The first-order chi connectivity index (χ1) is 8.08. The number of aromatic nitrogens is 2. The van der Waals surface area contributed by atoms with Gasteiger partial charge in [0, 0.05) is 12.6 Å². The van der Waals surface area contributed by atoms with E-state index in [2.05, 4.69) is 18.1 Å². The van der Waals surface area contributed by atoms with Crippen molar-refractivity contribution in [2.45, 2.75) is 58.6 Å². The summed E-state index contributed by atoms with van der Waals surface area (Å²) in [4.78, 5) is 11.1. The van der Waals surface area contributed by atoms with Crippen LogP contribution in [0.4, 0.5) is 0 Å². The van der Waals surface area contributed by atoms with Crippen LogP contribution >= 0.6 is 0 Å². The highest BCUT2D eigenvalue weighted by molar-refractivity contribution is 5.66. The summed E-state index contributed by atoms with van der Waals surface area (Å²) >= 11 is 0. The molecule has 2 rings (SSSR count). The molecule has 1 saturated carbocycles. The summed E-state index contributed by atoms with van der Waals surface area (Å²) in [7, 11) is 0. The number of hydrogen-bond donors (Lipinski definition) is 0. The predicted molar refractivity (Wildman–Crippen MR) is 64.8 cm³/mol. The molecule has 0 aliphatic heterocycles. The van der Waals surface area contributed by atoms with Gasteiger partial charge in [0.2, 0.25) is 0 Å². The molecule has 1 aliphatic carbocycles. The van der Waals surface area contributed by atoms with Crippen LogP contribution in [0.1, 0.15) is 50.0 Å². The molecular weight excluding hydrogens is 216 g/mol. The van der Waals surface area contributed by atoms with Crippen molar-refractivity contribution in [2.75, 3.05) is 0 Å². The van der Waals surface area contributed by atoms with Crippen LogP contribution in [0.3, 0.4) is 0 Å². The van der Waals surface area contributed by atoms with Crippen LogP contribution in [0.2, 0.25) is 0 Å². The third kappa shape index (κ3) is 2.68. The number of carbonyl (C=O) groups is 1. The van der Waals surface area contributed by atoms with Crippen LogP contribution in [0.15, 0.2) is 6.07 Å². The zero-order valence-electron chi connectivity index (χ0n) is 10.8. The highest BCUT2D eigenvalue weighted by Gasteiger charge is 2.30. The fourth-order valence-corrected chi connectivity index (χ4v) is 2.69. The Morgan fingerprint density at radius 1 is 1.41 bits per heavy atom. The maximum atomic E-state index is 11.1. The van der Waals surface area contributed by atoms with E-state index in [1.807, 2.05) is 11.6 Å². The van der Waals surface area contributed by atoms with E-state index in [0.717, 1.165) is 30.7 Å². The first-order valence-corrected chi connectivity index (χ1v) is 6.28. The maximum absolute atomic E-state index is 11.1. The Morgan fingerprint density at radius 3 is 2.71 bits per heavy atom. The lowest BCUT2D eigenvalue weighted by atomic mass is 9.92. The van der Waals surface area contributed by atoms with Crippen LogP contribution in [-0.2, 0) is 9.53 Å². The number of ether oxygens (including phenoxy) is 1. The molecule has 2 unspecified atom stereocenters. The largest absolute Gasteiger partial charge is 0.460 e. The lowest BCUT2D eigenvalue weighted by molar-refractivity contribution is -0.150. The minimum atomic E-state index is -0.191. The molecule has 4 nitrogen and oxygen atoms in total. The molecular formula is C13H20N2O2. The van der Waals surface area contributed by atoms with Crippen molar-refractivity contribution < 1.29 is 9.53 Å². The van der Waals surface area contributed by atoms with E-state index in [0.29, 0.717) is 0 Å². The molecule has 2 atom stereocenters. The third-order valence-corrected chi connectivity index (χ3v) is 3.34. The second kappa shape index (κ2) is 4.90. The van der Waals surface area contributed by atoms with Crippen LogP contribution in [-0.4, -0.2) is 21.9 Å². The number of carbonyl (C=O) groups excluding carboxylic acids is 1. The summed E-state index contributed by atoms with van der Waals surface area (Å²) < 4.78 is 7.45. The SMILES string of the molecule is CC(=O)OC1CCCCC1n1nc(C)cc1C. The van der Waals surface area contributed by atoms with Crippen molar-refractivity contribution >= 4 is 5.97 Å². The van der Waals surface area contributed by atoms with E-state index >= 15 is 0 Å². The first-order valence-electron chi connectivity index (χ1n) is 6.28. The summed E-state index contributed by atoms with van der Waals surface area (Å²) in [5, 5.41) is 4.52. The van der Waals surface area contributed by atoms with E-state index in [9.17, 15) is 4.79 Å². The second-order valence-electron chi connectivity index (χ2n) is 4.87. The van der Waals surface area contributed by atoms with Gasteiger partial charge >= 0.3 is 5.97 Å². The van der Waals surface area contributed by atoms with Crippen molar-refractivity contribution in [3.8, 4) is 0 Å². The summed E-state index contributed by atoms with van der Waals surface area (Å²) in [5.74, 6) is -0.191. The van der Waals surface area contributed by atoms with Crippen molar-refractivity contribution in [2.24, 2.45) is 0 Å². The summed E-state index contributed by atoms with van der Waals surface area (Å²) in [6.07, 6.45) is 4.29. The topological polar surface area (TPSA) is 44.1 Å². The van der Waals surface area contributed by atoms with Crippen LogP contribution in [0.25, 0.3) is 0 Å². The molecule has 1 aliphatic rings.